The van der Waals surface area contributed by atoms with Gasteiger partial charge in [-0.3, -0.25) is 0 Å². The lowest BCUT2D eigenvalue weighted by atomic mass is 9.93. The van der Waals surface area contributed by atoms with Crippen LogP contribution in [0.4, 0.5) is 0 Å². The molecule has 8 aromatic carbocycles. The molecule has 0 bridgehead atoms. The maximum Gasteiger partial charge on any atom is 0.160 e. The number of nitrogens with zero attached hydrogens (tertiary/aromatic N) is 2. The van der Waals surface area contributed by atoms with E-state index in [1.54, 1.807) is 0 Å². The Bertz CT molecular complexity index is 3230. The average Bonchev–Trinajstić information content (AvgIpc) is 3.85. The highest BCUT2D eigenvalue weighted by Gasteiger charge is 2.19. The molecule has 262 valence electrons. The summed E-state index contributed by atoms with van der Waals surface area (Å²) in [6.07, 6.45) is 0. The average molecular weight is 717 g/mol. The van der Waals surface area contributed by atoms with E-state index in [1.165, 1.54) is 0 Å². The smallest absolute Gasteiger partial charge is 0.160 e. The molecule has 11 aromatic rings. The summed E-state index contributed by atoms with van der Waals surface area (Å²) in [5.74, 6) is 0.689. The van der Waals surface area contributed by atoms with Gasteiger partial charge in [-0.15, -0.1) is 0 Å². The summed E-state index contributed by atoms with van der Waals surface area (Å²) >= 11 is 0. The highest BCUT2D eigenvalue weighted by molar-refractivity contribution is 6.17. The molecule has 56 heavy (non-hydrogen) atoms. The second-order valence-electron chi connectivity index (χ2n) is 14.1. The van der Waals surface area contributed by atoms with E-state index in [0.717, 1.165) is 105 Å². The fraction of sp³-hybridized carbons (Fsp3) is 0. The Balaban J connectivity index is 1.04. The molecule has 0 fully saturated rings. The third-order valence-corrected chi connectivity index (χ3v) is 10.8. The number of para-hydroxylation sites is 2. The van der Waals surface area contributed by atoms with Crippen LogP contribution in [-0.2, 0) is 0 Å². The second kappa shape index (κ2) is 13.1. The lowest BCUT2D eigenvalue weighted by Crippen LogP contribution is -1.97. The van der Waals surface area contributed by atoms with Gasteiger partial charge in [-0.25, -0.2) is 9.97 Å². The van der Waals surface area contributed by atoms with Crippen molar-refractivity contribution in [3.8, 4) is 67.3 Å². The zero-order valence-electron chi connectivity index (χ0n) is 30.2. The van der Waals surface area contributed by atoms with Crippen molar-refractivity contribution >= 4 is 43.9 Å². The molecule has 4 heteroatoms. The first kappa shape index (κ1) is 31.9. The number of fused-ring (bicyclic) bond motifs is 6. The Morgan fingerprint density at radius 3 is 1.64 bits per heavy atom. The monoisotopic (exact) mass is 716 g/mol. The summed E-state index contributed by atoms with van der Waals surface area (Å²) in [5.41, 5.74) is 14.9. The minimum Gasteiger partial charge on any atom is -0.456 e. The van der Waals surface area contributed by atoms with Crippen LogP contribution in [0.3, 0.4) is 0 Å². The molecule has 0 spiro atoms. The van der Waals surface area contributed by atoms with Gasteiger partial charge in [-0.2, -0.15) is 0 Å². The summed E-state index contributed by atoms with van der Waals surface area (Å²) < 4.78 is 12.8. The highest BCUT2D eigenvalue weighted by atomic mass is 16.3. The van der Waals surface area contributed by atoms with Crippen LogP contribution in [-0.4, -0.2) is 9.97 Å². The van der Waals surface area contributed by atoms with Crippen molar-refractivity contribution in [2.45, 2.75) is 0 Å². The van der Waals surface area contributed by atoms with Gasteiger partial charge in [0.05, 0.1) is 11.4 Å². The van der Waals surface area contributed by atoms with Gasteiger partial charge in [-0.05, 0) is 64.2 Å². The molecule has 0 saturated heterocycles. The molecule has 4 nitrogen and oxygen atoms in total. The predicted octanol–water partition coefficient (Wildman–Crippen LogP) is 14.3. The first-order chi connectivity index (χ1) is 27.7. The molecule has 0 amide bonds. The maximum absolute atomic E-state index is 6.69. The number of benzene rings is 8. The van der Waals surface area contributed by atoms with Crippen molar-refractivity contribution in [1.82, 2.24) is 9.97 Å². The number of hydrogen-bond donors (Lipinski definition) is 0. The van der Waals surface area contributed by atoms with E-state index in [4.69, 9.17) is 18.8 Å². The fourth-order valence-corrected chi connectivity index (χ4v) is 8.04. The molecule has 11 rings (SSSR count). The molecule has 0 unspecified atom stereocenters. The second-order valence-corrected chi connectivity index (χ2v) is 14.1. The fourth-order valence-electron chi connectivity index (χ4n) is 8.04. The van der Waals surface area contributed by atoms with Crippen molar-refractivity contribution in [2.75, 3.05) is 0 Å². The third-order valence-electron chi connectivity index (χ3n) is 10.8. The van der Waals surface area contributed by atoms with Crippen LogP contribution in [0.2, 0.25) is 0 Å². The molecule has 0 saturated carbocycles. The van der Waals surface area contributed by atoms with Crippen molar-refractivity contribution in [3.05, 3.63) is 194 Å². The molecule has 0 aliphatic heterocycles. The molecule has 3 aromatic heterocycles. The third kappa shape index (κ3) is 5.39. The van der Waals surface area contributed by atoms with Gasteiger partial charge >= 0.3 is 0 Å². The summed E-state index contributed by atoms with van der Waals surface area (Å²) in [6.45, 7) is 0. The van der Waals surface area contributed by atoms with Crippen LogP contribution in [0, 0.1) is 0 Å². The van der Waals surface area contributed by atoms with E-state index in [2.05, 4.69) is 146 Å². The summed E-state index contributed by atoms with van der Waals surface area (Å²) in [6, 6.07) is 67.3. The topological polar surface area (TPSA) is 52.1 Å². The Labute approximate surface area is 323 Å². The van der Waals surface area contributed by atoms with Gasteiger partial charge in [-0.1, -0.05) is 158 Å². The largest absolute Gasteiger partial charge is 0.456 e. The van der Waals surface area contributed by atoms with Gasteiger partial charge in [0.15, 0.2) is 5.82 Å². The molecule has 0 N–H and O–H groups in total. The zero-order chi connectivity index (χ0) is 37.0. The van der Waals surface area contributed by atoms with Crippen LogP contribution >= 0.6 is 0 Å². The van der Waals surface area contributed by atoms with Crippen molar-refractivity contribution in [3.63, 3.8) is 0 Å². The standard InChI is InChI=1S/C52H32N2O2/c1-3-13-33(14-4-1)38-17-7-8-18-41(38)46-32-45(53-52(54-46)36-15-5-2-6-16-36)35-25-23-34(24-26-35)39-28-29-40(51-50(39)43-20-10-12-22-48(43)56-51)37-27-30-49-44(31-37)42-19-9-11-21-47(42)55-49/h1-32H. The summed E-state index contributed by atoms with van der Waals surface area (Å²) in [7, 11) is 0. The van der Waals surface area contributed by atoms with Crippen LogP contribution in [0.5, 0.6) is 0 Å². The van der Waals surface area contributed by atoms with Crippen LogP contribution < -0.4 is 0 Å². The van der Waals surface area contributed by atoms with Gasteiger partial charge in [0.25, 0.3) is 0 Å². The van der Waals surface area contributed by atoms with E-state index in [1.807, 2.05) is 48.5 Å². The summed E-state index contributed by atoms with van der Waals surface area (Å²) in [4.78, 5) is 10.3. The lowest BCUT2D eigenvalue weighted by Gasteiger charge is -2.13. The maximum atomic E-state index is 6.69. The van der Waals surface area contributed by atoms with Crippen LogP contribution in [0.1, 0.15) is 0 Å². The quantitative estimate of drug-likeness (QED) is 0.172. The normalized spacial score (nSPS) is 11.6. The molecule has 0 atom stereocenters. The van der Waals surface area contributed by atoms with E-state index >= 15 is 0 Å². The molecule has 0 aliphatic rings. The predicted molar refractivity (Wildman–Crippen MR) is 229 cm³/mol. The Hall–Kier alpha value is -7.56. The van der Waals surface area contributed by atoms with E-state index in [0.29, 0.717) is 5.82 Å². The Kier molecular flexibility index (Phi) is 7.46. The Morgan fingerprint density at radius 2 is 0.857 bits per heavy atom. The van der Waals surface area contributed by atoms with E-state index in [9.17, 15) is 0 Å². The van der Waals surface area contributed by atoms with Gasteiger partial charge in [0, 0.05) is 43.8 Å². The van der Waals surface area contributed by atoms with Crippen LogP contribution in [0.15, 0.2) is 203 Å². The SMILES string of the molecule is c1ccc(-c2nc(-c3ccc(-c4ccc(-c5ccc6oc7ccccc7c6c5)c5oc6ccccc6c45)cc3)cc(-c3ccccc3-c3ccccc3)n2)cc1. The van der Waals surface area contributed by atoms with Gasteiger partial charge in [0.2, 0.25) is 0 Å². The van der Waals surface area contributed by atoms with Gasteiger partial charge < -0.3 is 8.83 Å². The van der Waals surface area contributed by atoms with Crippen molar-refractivity contribution in [2.24, 2.45) is 0 Å². The number of aromatic nitrogens is 2. The number of furan rings is 2. The zero-order valence-corrected chi connectivity index (χ0v) is 30.2. The molecular formula is C52H32N2O2. The first-order valence-corrected chi connectivity index (χ1v) is 18.8. The minimum absolute atomic E-state index is 0.689. The number of hydrogen-bond acceptors (Lipinski definition) is 4. The van der Waals surface area contributed by atoms with Crippen molar-refractivity contribution < 1.29 is 8.83 Å². The van der Waals surface area contributed by atoms with Crippen LogP contribution in [0.25, 0.3) is 111 Å². The van der Waals surface area contributed by atoms with Gasteiger partial charge in [0.1, 0.15) is 22.3 Å². The molecule has 3 heterocycles. The molecule has 0 aliphatic carbocycles. The van der Waals surface area contributed by atoms with Crippen molar-refractivity contribution in [1.29, 1.82) is 0 Å². The Morgan fingerprint density at radius 1 is 0.304 bits per heavy atom. The van der Waals surface area contributed by atoms with E-state index < -0.39 is 0 Å². The number of rotatable bonds is 6. The van der Waals surface area contributed by atoms with E-state index in [-0.39, 0.29) is 0 Å². The minimum atomic E-state index is 0.689. The highest BCUT2D eigenvalue weighted by Crippen LogP contribution is 2.43. The summed E-state index contributed by atoms with van der Waals surface area (Å²) in [5, 5.41) is 4.38. The molecular weight excluding hydrogens is 685 g/mol. The molecule has 0 radical (unpaired) electrons. The lowest BCUT2D eigenvalue weighted by molar-refractivity contribution is 0.668. The first-order valence-electron chi connectivity index (χ1n) is 18.8.